The van der Waals surface area contributed by atoms with Gasteiger partial charge >= 0.3 is 0 Å². The fourth-order valence-electron chi connectivity index (χ4n) is 2.74. The van der Waals surface area contributed by atoms with Crippen molar-refractivity contribution in [1.29, 1.82) is 0 Å². The smallest absolute Gasteiger partial charge is 0.231 e. The van der Waals surface area contributed by atoms with E-state index in [0.29, 0.717) is 5.58 Å². The number of fused-ring (bicyclic) bond motifs is 1. The van der Waals surface area contributed by atoms with Crippen LogP contribution in [-0.4, -0.2) is 39.1 Å². The second-order valence-corrected chi connectivity index (χ2v) is 5.99. The van der Waals surface area contributed by atoms with Gasteiger partial charge < -0.3 is 19.0 Å². The Kier molecular flexibility index (Phi) is 4.61. The summed E-state index contributed by atoms with van der Waals surface area (Å²) in [6, 6.07) is 9.30. The summed E-state index contributed by atoms with van der Waals surface area (Å²) in [6.07, 6.45) is 3.59. The minimum absolute atomic E-state index is 0.0328. The maximum absolute atomic E-state index is 12.8. The standard InChI is InChI=1S/C19H21N3O3/c1-21(2)19-16(6-5-9-20-19)22(3)18(23)10-13-12-25-17-11-14(24-4)7-8-15(13)17/h5-9,11-12H,10H2,1-4H3. The van der Waals surface area contributed by atoms with Crippen molar-refractivity contribution in [3.63, 3.8) is 0 Å². The molecular formula is C19H21N3O3. The van der Waals surface area contributed by atoms with Crippen molar-refractivity contribution in [2.24, 2.45) is 0 Å². The van der Waals surface area contributed by atoms with Crippen molar-refractivity contribution in [3.05, 3.63) is 48.4 Å². The predicted octanol–water partition coefficient (Wildman–Crippen LogP) is 3.11. The molecule has 0 N–H and O–H groups in total. The third-order valence-corrected chi connectivity index (χ3v) is 4.13. The van der Waals surface area contributed by atoms with Gasteiger partial charge in [-0.05, 0) is 24.3 Å². The highest BCUT2D eigenvalue weighted by molar-refractivity contribution is 5.98. The molecule has 0 radical (unpaired) electrons. The first kappa shape index (κ1) is 16.8. The highest BCUT2D eigenvalue weighted by atomic mass is 16.5. The molecule has 0 aliphatic rings. The molecule has 0 fully saturated rings. The van der Waals surface area contributed by atoms with Gasteiger partial charge in [-0.3, -0.25) is 4.79 Å². The van der Waals surface area contributed by atoms with Crippen LogP contribution in [0.5, 0.6) is 5.75 Å². The number of amides is 1. The summed E-state index contributed by atoms with van der Waals surface area (Å²) in [6.45, 7) is 0. The number of carbonyl (C=O) groups excluding carboxylic acids is 1. The van der Waals surface area contributed by atoms with E-state index in [2.05, 4.69) is 4.98 Å². The van der Waals surface area contributed by atoms with Crippen LogP contribution in [0.3, 0.4) is 0 Å². The van der Waals surface area contributed by atoms with E-state index < -0.39 is 0 Å². The topological polar surface area (TPSA) is 58.8 Å². The quantitative estimate of drug-likeness (QED) is 0.715. The van der Waals surface area contributed by atoms with Crippen molar-refractivity contribution in [2.75, 3.05) is 38.1 Å². The monoisotopic (exact) mass is 339 g/mol. The average Bonchev–Trinajstić information content (AvgIpc) is 3.02. The van der Waals surface area contributed by atoms with E-state index >= 15 is 0 Å². The van der Waals surface area contributed by atoms with Gasteiger partial charge in [-0.1, -0.05) is 0 Å². The van der Waals surface area contributed by atoms with E-state index in [9.17, 15) is 4.79 Å². The van der Waals surface area contributed by atoms with Crippen molar-refractivity contribution in [1.82, 2.24) is 4.98 Å². The average molecular weight is 339 g/mol. The Bertz CT molecular complexity index is 902. The summed E-state index contributed by atoms with van der Waals surface area (Å²) in [5.74, 6) is 1.44. The molecule has 2 aromatic heterocycles. The number of furan rings is 1. The summed E-state index contributed by atoms with van der Waals surface area (Å²) in [7, 11) is 7.18. The van der Waals surface area contributed by atoms with E-state index in [1.54, 1.807) is 31.5 Å². The van der Waals surface area contributed by atoms with Crippen molar-refractivity contribution < 1.29 is 13.9 Å². The van der Waals surface area contributed by atoms with Crippen molar-refractivity contribution >= 4 is 28.4 Å². The van der Waals surface area contributed by atoms with Gasteiger partial charge in [-0.15, -0.1) is 0 Å². The van der Waals surface area contributed by atoms with Crippen LogP contribution in [0, 0.1) is 0 Å². The number of anilines is 2. The number of carbonyl (C=O) groups is 1. The molecule has 0 saturated heterocycles. The summed E-state index contributed by atoms with van der Waals surface area (Å²) < 4.78 is 10.8. The molecule has 2 heterocycles. The van der Waals surface area contributed by atoms with Gasteiger partial charge in [-0.25, -0.2) is 4.98 Å². The number of benzene rings is 1. The first-order valence-electron chi connectivity index (χ1n) is 7.94. The third-order valence-electron chi connectivity index (χ3n) is 4.13. The number of pyridine rings is 1. The lowest BCUT2D eigenvalue weighted by Gasteiger charge is -2.23. The Morgan fingerprint density at radius 2 is 2.04 bits per heavy atom. The van der Waals surface area contributed by atoms with Crippen LogP contribution in [0.2, 0.25) is 0 Å². The van der Waals surface area contributed by atoms with Gasteiger partial charge in [0.1, 0.15) is 11.3 Å². The van der Waals surface area contributed by atoms with Crippen molar-refractivity contribution in [3.8, 4) is 5.75 Å². The van der Waals surface area contributed by atoms with Crippen LogP contribution >= 0.6 is 0 Å². The fraction of sp³-hybridized carbons (Fsp3) is 0.263. The largest absolute Gasteiger partial charge is 0.497 e. The fourth-order valence-corrected chi connectivity index (χ4v) is 2.74. The molecule has 130 valence electrons. The zero-order chi connectivity index (χ0) is 18.0. The molecule has 0 saturated carbocycles. The van der Waals surface area contributed by atoms with Gasteiger partial charge in [0.2, 0.25) is 5.91 Å². The molecule has 0 aliphatic carbocycles. The molecule has 1 amide bonds. The number of hydrogen-bond donors (Lipinski definition) is 0. The third kappa shape index (κ3) is 3.28. The Balaban J connectivity index is 1.85. The summed E-state index contributed by atoms with van der Waals surface area (Å²) >= 11 is 0. The van der Waals surface area contributed by atoms with Crippen LogP contribution < -0.4 is 14.5 Å². The van der Waals surface area contributed by atoms with Crippen LogP contribution in [0.1, 0.15) is 5.56 Å². The molecule has 3 aromatic rings. The zero-order valence-electron chi connectivity index (χ0n) is 14.8. The zero-order valence-corrected chi connectivity index (χ0v) is 14.8. The minimum Gasteiger partial charge on any atom is -0.497 e. The van der Waals surface area contributed by atoms with Gasteiger partial charge in [0, 0.05) is 44.4 Å². The molecule has 6 heteroatoms. The summed E-state index contributed by atoms with van der Waals surface area (Å²) in [5, 5.41) is 0.918. The molecule has 1 aromatic carbocycles. The molecule has 6 nitrogen and oxygen atoms in total. The second kappa shape index (κ2) is 6.84. The normalized spacial score (nSPS) is 10.7. The molecule has 0 aliphatic heterocycles. The second-order valence-electron chi connectivity index (χ2n) is 5.99. The summed E-state index contributed by atoms with van der Waals surface area (Å²) in [4.78, 5) is 20.6. The number of rotatable bonds is 5. The van der Waals surface area contributed by atoms with Crippen LogP contribution in [0.15, 0.2) is 47.2 Å². The van der Waals surface area contributed by atoms with Crippen LogP contribution in [-0.2, 0) is 11.2 Å². The Morgan fingerprint density at radius 3 is 2.76 bits per heavy atom. The highest BCUT2D eigenvalue weighted by Crippen LogP contribution is 2.28. The van der Waals surface area contributed by atoms with E-state index in [-0.39, 0.29) is 12.3 Å². The summed E-state index contributed by atoms with van der Waals surface area (Å²) in [5.41, 5.74) is 2.33. The van der Waals surface area contributed by atoms with Gasteiger partial charge in [-0.2, -0.15) is 0 Å². The maximum atomic E-state index is 12.8. The molecule has 0 bridgehead atoms. The van der Waals surface area contributed by atoms with E-state index in [1.165, 1.54) is 0 Å². The predicted molar refractivity (Wildman–Crippen MR) is 98.4 cm³/mol. The SMILES string of the molecule is COc1ccc2c(CC(=O)N(C)c3cccnc3N(C)C)coc2c1. The van der Waals surface area contributed by atoms with E-state index in [4.69, 9.17) is 9.15 Å². The lowest BCUT2D eigenvalue weighted by molar-refractivity contribution is -0.117. The number of hydrogen-bond acceptors (Lipinski definition) is 5. The Morgan fingerprint density at radius 1 is 1.24 bits per heavy atom. The first-order chi connectivity index (χ1) is 12.0. The minimum atomic E-state index is -0.0328. The number of ether oxygens (including phenoxy) is 1. The first-order valence-corrected chi connectivity index (χ1v) is 7.94. The van der Waals surface area contributed by atoms with Gasteiger partial charge in [0.15, 0.2) is 5.82 Å². The maximum Gasteiger partial charge on any atom is 0.231 e. The molecule has 3 rings (SSSR count). The molecule has 0 spiro atoms. The number of aromatic nitrogens is 1. The highest BCUT2D eigenvalue weighted by Gasteiger charge is 2.19. The van der Waals surface area contributed by atoms with E-state index in [0.717, 1.165) is 28.2 Å². The lowest BCUT2D eigenvalue weighted by atomic mass is 10.1. The lowest BCUT2D eigenvalue weighted by Crippen LogP contribution is -2.29. The number of likely N-dealkylation sites (N-methyl/N-ethyl adjacent to an activating group) is 1. The molecule has 0 unspecified atom stereocenters. The Hall–Kier alpha value is -3.02. The van der Waals surface area contributed by atoms with E-state index in [1.807, 2.05) is 49.3 Å². The molecular weight excluding hydrogens is 318 g/mol. The Labute approximate surface area is 146 Å². The number of methoxy groups -OCH3 is 1. The number of nitrogens with zero attached hydrogens (tertiary/aromatic N) is 3. The van der Waals surface area contributed by atoms with Crippen LogP contribution in [0.4, 0.5) is 11.5 Å². The van der Waals surface area contributed by atoms with Gasteiger partial charge in [0.05, 0.1) is 25.5 Å². The van der Waals surface area contributed by atoms with Crippen molar-refractivity contribution in [2.45, 2.75) is 6.42 Å². The van der Waals surface area contributed by atoms with Crippen LogP contribution in [0.25, 0.3) is 11.0 Å². The van der Waals surface area contributed by atoms with Gasteiger partial charge in [0.25, 0.3) is 0 Å². The molecule has 0 atom stereocenters. The molecule has 25 heavy (non-hydrogen) atoms.